The predicted octanol–water partition coefficient (Wildman–Crippen LogP) is 3.84. The van der Waals surface area contributed by atoms with Gasteiger partial charge in [-0.05, 0) is 30.7 Å². The third kappa shape index (κ3) is 3.75. The van der Waals surface area contributed by atoms with Gasteiger partial charge in [0.15, 0.2) is 0 Å². The molecule has 0 saturated heterocycles. The predicted molar refractivity (Wildman–Crippen MR) is 83.2 cm³/mol. The number of hydrogen-bond acceptors (Lipinski definition) is 4. The Hall–Kier alpha value is -2.67. The monoisotopic (exact) mass is 338 g/mol. The molecule has 23 heavy (non-hydrogen) atoms. The van der Waals surface area contributed by atoms with E-state index in [-0.39, 0.29) is 10.7 Å². The molecule has 1 amide bonds. The zero-order valence-corrected chi connectivity index (χ0v) is 12.7. The quantitative estimate of drug-likeness (QED) is 0.503. The largest absolute Gasteiger partial charge is 0.501 e. The summed E-state index contributed by atoms with van der Waals surface area (Å²) in [5, 5.41) is 23.0. The maximum atomic E-state index is 13.2. The van der Waals surface area contributed by atoms with E-state index in [1.807, 2.05) is 0 Å². The molecule has 8 heteroatoms. The number of rotatable bonds is 4. The van der Waals surface area contributed by atoms with E-state index in [0.29, 0.717) is 5.56 Å². The highest BCUT2D eigenvalue weighted by Gasteiger charge is 2.22. The summed E-state index contributed by atoms with van der Waals surface area (Å²) in [6.45, 7) is 1.54. The van der Waals surface area contributed by atoms with Gasteiger partial charge in [-0.1, -0.05) is 23.7 Å². The number of benzene rings is 2. The fraction of sp³-hybridized carbons (Fsp3) is 0.133. The summed E-state index contributed by atoms with van der Waals surface area (Å²) in [4.78, 5) is 22.2. The Labute approximate surface area is 135 Å². The number of hydrogen-bond donors (Lipinski definition) is 2. The molecule has 2 N–H and O–H groups in total. The van der Waals surface area contributed by atoms with Crippen LogP contribution < -0.4 is 5.32 Å². The van der Waals surface area contributed by atoms with Gasteiger partial charge in [0.05, 0.1) is 16.5 Å². The highest BCUT2D eigenvalue weighted by molar-refractivity contribution is 6.31. The molecule has 2 aromatic rings. The third-order valence-electron chi connectivity index (χ3n) is 3.25. The van der Waals surface area contributed by atoms with E-state index in [9.17, 15) is 24.4 Å². The fourth-order valence-corrected chi connectivity index (χ4v) is 2.20. The number of nitro groups is 1. The minimum atomic E-state index is -0.813. The molecule has 0 saturated carbocycles. The Morgan fingerprint density at radius 3 is 2.70 bits per heavy atom. The fourth-order valence-electron chi connectivity index (χ4n) is 1.99. The summed E-state index contributed by atoms with van der Waals surface area (Å²) in [7, 11) is 0. The van der Waals surface area contributed by atoms with E-state index in [0.717, 1.165) is 6.07 Å². The summed E-state index contributed by atoms with van der Waals surface area (Å²) in [5.41, 5.74) is -0.373. The minimum Gasteiger partial charge on any atom is -0.501 e. The first-order valence-electron chi connectivity index (χ1n) is 6.53. The van der Waals surface area contributed by atoms with Gasteiger partial charge in [0.2, 0.25) is 11.7 Å². The van der Waals surface area contributed by atoms with Crippen LogP contribution in [0.4, 0.5) is 15.8 Å². The molecule has 0 aromatic heterocycles. The molecule has 0 unspecified atom stereocenters. The van der Waals surface area contributed by atoms with Gasteiger partial charge in [-0.25, -0.2) is 4.39 Å². The van der Waals surface area contributed by atoms with E-state index < -0.39 is 34.0 Å². The van der Waals surface area contributed by atoms with E-state index in [4.69, 9.17) is 11.6 Å². The van der Waals surface area contributed by atoms with E-state index in [1.165, 1.54) is 24.3 Å². The molecule has 2 rings (SSSR count). The molecule has 0 spiro atoms. The average Bonchev–Trinajstić information content (AvgIpc) is 2.49. The van der Waals surface area contributed by atoms with Gasteiger partial charge in [-0.15, -0.1) is 0 Å². The topological polar surface area (TPSA) is 92.5 Å². The zero-order valence-electron chi connectivity index (χ0n) is 11.9. The first-order chi connectivity index (χ1) is 10.8. The van der Waals surface area contributed by atoms with Crippen molar-refractivity contribution in [1.29, 1.82) is 0 Å². The number of nitro benzene ring substituents is 1. The molecule has 6 nitrogen and oxygen atoms in total. The lowest BCUT2D eigenvalue weighted by atomic mass is 10.00. The van der Waals surface area contributed by atoms with Gasteiger partial charge in [0, 0.05) is 11.1 Å². The summed E-state index contributed by atoms with van der Waals surface area (Å²) in [5.74, 6) is -2.48. The van der Waals surface area contributed by atoms with Crippen molar-refractivity contribution in [1.82, 2.24) is 0 Å². The first-order valence-corrected chi connectivity index (χ1v) is 6.90. The van der Waals surface area contributed by atoms with Crippen molar-refractivity contribution in [3.63, 3.8) is 0 Å². The van der Waals surface area contributed by atoms with E-state index >= 15 is 0 Å². The van der Waals surface area contributed by atoms with Gasteiger partial charge in [-0.2, -0.15) is 0 Å². The smallest absolute Gasteiger partial charge is 0.314 e. The van der Waals surface area contributed by atoms with Crippen molar-refractivity contribution in [3.8, 4) is 5.75 Å². The highest BCUT2D eigenvalue weighted by Crippen LogP contribution is 2.37. The maximum absolute atomic E-state index is 13.2. The number of carbonyl (C=O) groups excluding carboxylic acids is 1. The summed E-state index contributed by atoms with van der Waals surface area (Å²) in [6, 6.07) is 7.68. The lowest BCUT2D eigenvalue weighted by Gasteiger charge is -2.14. The maximum Gasteiger partial charge on any atom is 0.314 e. The Morgan fingerprint density at radius 2 is 2.09 bits per heavy atom. The van der Waals surface area contributed by atoms with Crippen molar-refractivity contribution in [2.24, 2.45) is 0 Å². The molecule has 1 atom stereocenters. The third-order valence-corrected chi connectivity index (χ3v) is 3.47. The summed E-state index contributed by atoms with van der Waals surface area (Å²) < 4.78 is 13.2. The van der Waals surface area contributed by atoms with Crippen LogP contribution in [0.3, 0.4) is 0 Å². The standard InChI is InChI=1S/C15H12ClFN2O4/c1-8(9-3-2-4-11(17)5-9)15(21)18-12-6-10(16)7-13(14(12)20)19(22)23/h2-8,20H,1H3,(H,18,21)/t8-/m0/s1. The lowest BCUT2D eigenvalue weighted by molar-refractivity contribution is -0.385. The molecule has 120 valence electrons. The number of anilines is 1. The van der Waals surface area contributed by atoms with Crippen LogP contribution in [0.15, 0.2) is 36.4 Å². The summed E-state index contributed by atoms with van der Waals surface area (Å²) >= 11 is 5.75. The molecule has 0 aliphatic rings. The van der Waals surface area contributed by atoms with Gasteiger partial charge in [0.25, 0.3) is 0 Å². The average molecular weight is 339 g/mol. The number of carbonyl (C=O) groups is 1. The number of halogens is 2. The highest BCUT2D eigenvalue weighted by atomic mass is 35.5. The van der Waals surface area contributed by atoms with Crippen LogP contribution >= 0.6 is 11.6 Å². The molecular formula is C15H12ClFN2O4. The van der Waals surface area contributed by atoms with Crippen LogP contribution in [0.2, 0.25) is 5.02 Å². The van der Waals surface area contributed by atoms with Crippen LogP contribution in [-0.2, 0) is 4.79 Å². The number of phenols is 1. The normalized spacial score (nSPS) is 11.8. The number of nitrogens with zero attached hydrogens (tertiary/aromatic N) is 1. The first kappa shape index (κ1) is 16.7. The van der Waals surface area contributed by atoms with Gasteiger partial charge < -0.3 is 10.4 Å². The van der Waals surface area contributed by atoms with Crippen molar-refractivity contribution in [3.05, 3.63) is 62.9 Å². The van der Waals surface area contributed by atoms with Crippen molar-refractivity contribution >= 4 is 28.9 Å². The van der Waals surface area contributed by atoms with Gasteiger partial charge in [-0.3, -0.25) is 14.9 Å². The SMILES string of the molecule is C[C@H](C(=O)Nc1cc(Cl)cc([N+](=O)[O-])c1O)c1cccc(F)c1. The Balaban J connectivity index is 2.28. The van der Waals surface area contributed by atoms with Crippen LogP contribution in [-0.4, -0.2) is 15.9 Å². The van der Waals surface area contributed by atoms with Gasteiger partial charge in [0.1, 0.15) is 5.82 Å². The Kier molecular flexibility index (Phi) is 4.80. The van der Waals surface area contributed by atoms with Crippen LogP contribution in [0.25, 0.3) is 0 Å². The number of phenolic OH excluding ortho intramolecular Hbond substituents is 1. The molecule has 0 heterocycles. The Morgan fingerprint density at radius 1 is 1.39 bits per heavy atom. The van der Waals surface area contributed by atoms with E-state index in [2.05, 4.69) is 5.32 Å². The van der Waals surface area contributed by atoms with Crippen molar-refractivity contribution < 1.29 is 19.2 Å². The van der Waals surface area contributed by atoms with Gasteiger partial charge >= 0.3 is 5.69 Å². The van der Waals surface area contributed by atoms with Crippen molar-refractivity contribution in [2.75, 3.05) is 5.32 Å². The molecule has 0 radical (unpaired) electrons. The molecular weight excluding hydrogens is 327 g/mol. The zero-order chi connectivity index (χ0) is 17.1. The van der Waals surface area contributed by atoms with Crippen LogP contribution in [0.1, 0.15) is 18.4 Å². The number of aromatic hydroxyl groups is 1. The molecule has 0 bridgehead atoms. The minimum absolute atomic E-state index is 0.0109. The molecule has 2 aromatic carbocycles. The molecule has 0 aliphatic carbocycles. The number of nitrogens with one attached hydrogen (secondary N) is 1. The lowest BCUT2D eigenvalue weighted by Crippen LogP contribution is -2.19. The summed E-state index contributed by atoms with van der Waals surface area (Å²) in [6.07, 6.45) is 0. The second-order valence-corrected chi connectivity index (χ2v) is 5.28. The second kappa shape index (κ2) is 6.62. The van der Waals surface area contributed by atoms with E-state index in [1.54, 1.807) is 13.0 Å². The molecule has 0 fully saturated rings. The molecule has 0 aliphatic heterocycles. The van der Waals surface area contributed by atoms with Crippen LogP contribution in [0.5, 0.6) is 5.75 Å². The number of amides is 1. The second-order valence-electron chi connectivity index (χ2n) is 4.84. The van der Waals surface area contributed by atoms with Crippen molar-refractivity contribution in [2.45, 2.75) is 12.8 Å². The Bertz CT molecular complexity index is 782. The van der Waals surface area contributed by atoms with Crippen LogP contribution in [0, 0.1) is 15.9 Å².